The van der Waals surface area contributed by atoms with Crippen LogP contribution in [-0.4, -0.2) is 83.0 Å². The molecule has 11 nitrogen and oxygen atoms in total. The third kappa shape index (κ3) is 19.3. The largest absolute Gasteiger partial charge is 0.491 e. The normalized spacial score (nSPS) is 12.6. The van der Waals surface area contributed by atoms with Crippen molar-refractivity contribution < 1.29 is 44.2 Å². The van der Waals surface area contributed by atoms with Crippen molar-refractivity contribution in [3.8, 4) is 11.5 Å². The number of aliphatic hydroxyl groups is 2. The third-order valence-electron chi connectivity index (χ3n) is 5.16. The van der Waals surface area contributed by atoms with Gasteiger partial charge in [0.25, 0.3) is 0 Å². The van der Waals surface area contributed by atoms with E-state index in [-0.39, 0.29) is 13.2 Å². The van der Waals surface area contributed by atoms with Crippen molar-refractivity contribution in [2.75, 3.05) is 26.3 Å². The van der Waals surface area contributed by atoms with E-state index in [0.717, 1.165) is 22.6 Å². The van der Waals surface area contributed by atoms with Crippen LogP contribution in [0, 0.1) is 0 Å². The molecule has 2 unspecified atom stereocenters. The van der Waals surface area contributed by atoms with Gasteiger partial charge in [-0.2, -0.15) is 0 Å². The summed E-state index contributed by atoms with van der Waals surface area (Å²) in [6.07, 6.45) is 0.0308. The van der Waals surface area contributed by atoms with Crippen LogP contribution in [0.25, 0.3) is 0 Å². The molecule has 0 radical (unpaired) electrons. The molecule has 2 rings (SSSR count). The highest BCUT2D eigenvalue weighted by Crippen LogP contribution is 2.16. The Morgan fingerprint density at radius 3 is 1.32 bits per heavy atom. The zero-order valence-electron chi connectivity index (χ0n) is 24.2. The van der Waals surface area contributed by atoms with Crippen LogP contribution in [0.3, 0.4) is 0 Å². The van der Waals surface area contributed by atoms with Gasteiger partial charge in [-0.15, -0.1) is 0 Å². The molecule has 0 aliphatic carbocycles. The van der Waals surface area contributed by atoms with Gasteiger partial charge in [-0.25, -0.2) is 9.59 Å². The highest BCUT2D eigenvalue weighted by molar-refractivity contribution is 5.89. The molecule has 0 aromatic heterocycles. The Hall–Kier alpha value is -3.48. The number of carboxylic acids is 2. The molecular formula is C30H44N2O9. The molecule has 0 aliphatic heterocycles. The first-order valence-corrected chi connectivity index (χ1v) is 13.4. The fourth-order valence-corrected chi connectivity index (χ4v) is 3.04. The van der Waals surface area contributed by atoms with Crippen molar-refractivity contribution in [2.24, 2.45) is 0 Å². The number of carbonyl (C=O) groups is 2. The average Bonchev–Trinajstić information content (AvgIpc) is 2.93. The lowest BCUT2D eigenvalue weighted by atomic mass is 10.2. The molecule has 0 saturated heterocycles. The van der Waals surface area contributed by atoms with Crippen molar-refractivity contribution >= 4 is 11.9 Å². The molecule has 2 aromatic carbocycles. The standard InChI is InChI=1S/C26H40N2O5.C4H4O4/c1-19(2)27-13-23(29)17-32-25-9-5-21(6-10-25)15-31-16-22-7-11-26(12-8-22)33-18-24(30)14-28-20(3)4;5-3(6)1-2-4(7)8/h5-12,19-20,23-24,27-30H,13-18H2,1-4H3;1-2H,(H,5,6)(H,7,8)/b;2-1+. The molecule has 0 amide bonds. The predicted octanol–water partition coefficient (Wildman–Crippen LogP) is 2.59. The minimum Gasteiger partial charge on any atom is -0.491 e. The fourth-order valence-electron chi connectivity index (χ4n) is 3.04. The Bertz CT molecular complexity index is 944. The van der Waals surface area contributed by atoms with Crippen LogP contribution in [0.2, 0.25) is 0 Å². The van der Waals surface area contributed by atoms with Gasteiger partial charge in [0.05, 0.1) is 13.2 Å². The van der Waals surface area contributed by atoms with E-state index in [9.17, 15) is 19.8 Å². The van der Waals surface area contributed by atoms with Gasteiger partial charge < -0.3 is 45.3 Å². The number of rotatable bonds is 18. The summed E-state index contributed by atoms with van der Waals surface area (Å²) in [6, 6.07) is 16.1. The Labute approximate surface area is 241 Å². The van der Waals surface area contributed by atoms with Crippen LogP contribution < -0.4 is 20.1 Å². The fraction of sp³-hybridized carbons (Fsp3) is 0.467. The number of hydrogen-bond acceptors (Lipinski definition) is 9. The number of carboxylic acid groups (broad SMARTS) is 2. The first kappa shape index (κ1) is 35.5. The van der Waals surface area contributed by atoms with E-state index in [1.165, 1.54) is 0 Å². The summed E-state index contributed by atoms with van der Waals surface area (Å²) in [5.41, 5.74) is 2.10. The predicted molar refractivity (Wildman–Crippen MR) is 155 cm³/mol. The SMILES string of the molecule is CC(C)NCC(O)COc1ccc(COCc2ccc(OCC(O)CNC(C)C)cc2)cc1.O=C(O)/C=C/C(=O)O. The summed E-state index contributed by atoms with van der Waals surface area (Å²) >= 11 is 0. The lowest BCUT2D eigenvalue weighted by molar-refractivity contribution is -0.134. The monoisotopic (exact) mass is 576 g/mol. The number of hydrogen-bond donors (Lipinski definition) is 6. The quantitative estimate of drug-likeness (QED) is 0.144. The Balaban J connectivity index is 0.000000915. The summed E-state index contributed by atoms with van der Waals surface area (Å²) in [5.74, 6) is -1.06. The van der Waals surface area contributed by atoms with Crippen LogP contribution in [0.5, 0.6) is 11.5 Å². The number of ether oxygens (including phenoxy) is 3. The number of aliphatic hydroxyl groups excluding tert-OH is 2. The molecule has 41 heavy (non-hydrogen) atoms. The van der Waals surface area contributed by atoms with Crippen LogP contribution in [-0.2, 0) is 27.5 Å². The van der Waals surface area contributed by atoms with Gasteiger partial charge in [0.2, 0.25) is 0 Å². The summed E-state index contributed by atoms with van der Waals surface area (Å²) in [5, 5.41) is 41.8. The van der Waals surface area contributed by atoms with Crippen molar-refractivity contribution in [2.45, 2.75) is 65.2 Å². The maximum atomic E-state index is 9.92. The lowest BCUT2D eigenvalue weighted by Crippen LogP contribution is -2.35. The molecule has 0 heterocycles. The molecule has 0 bridgehead atoms. The minimum atomic E-state index is -1.26. The highest BCUT2D eigenvalue weighted by Gasteiger charge is 2.07. The Kier molecular flexibility index (Phi) is 17.7. The van der Waals surface area contributed by atoms with E-state index in [4.69, 9.17) is 24.4 Å². The number of aliphatic carboxylic acids is 2. The second-order valence-corrected chi connectivity index (χ2v) is 9.85. The number of nitrogens with one attached hydrogen (secondary N) is 2. The van der Waals surface area contributed by atoms with Crippen LogP contribution in [0.1, 0.15) is 38.8 Å². The number of benzene rings is 2. The van der Waals surface area contributed by atoms with Gasteiger partial charge in [-0.3, -0.25) is 0 Å². The molecule has 0 aliphatic rings. The zero-order chi connectivity index (χ0) is 30.6. The van der Waals surface area contributed by atoms with E-state index in [2.05, 4.69) is 10.6 Å². The maximum absolute atomic E-state index is 9.92. The van der Waals surface area contributed by atoms with E-state index >= 15 is 0 Å². The van der Waals surface area contributed by atoms with Crippen LogP contribution in [0.15, 0.2) is 60.7 Å². The lowest BCUT2D eigenvalue weighted by Gasteiger charge is -2.15. The van der Waals surface area contributed by atoms with Crippen molar-refractivity contribution in [1.82, 2.24) is 10.6 Å². The molecule has 11 heteroatoms. The molecule has 0 spiro atoms. The topological polar surface area (TPSA) is 167 Å². The van der Waals surface area contributed by atoms with Gasteiger partial charge in [-0.1, -0.05) is 52.0 Å². The van der Waals surface area contributed by atoms with Crippen molar-refractivity contribution in [3.05, 3.63) is 71.8 Å². The first-order chi connectivity index (χ1) is 19.4. The summed E-state index contributed by atoms with van der Waals surface area (Å²) in [4.78, 5) is 19.1. The average molecular weight is 577 g/mol. The van der Waals surface area contributed by atoms with Crippen molar-refractivity contribution in [3.63, 3.8) is 0 Å². The second-order valence-electron chi connectivity index (χ2n) is 9.85. The van der Waals surface area contributed by atoms with Gasteiger partial charge in [0.1, 0.15) is 36.9 Å². The van der Waals surface area contributed by atoms with Gasteiger partial charge in [0, 0.05) is 37.3 Å². The van der Waals surface area contributed by atoms with E-state index in [0.29, 0.717) is 50.5 Å². The molecule has 6 N–H and O–H groups in total. The van der Waals surface area contributed by atoms with Crippen LogP contribution >= 0.6 is 0 Å². The van der Waals surface area contributed by atoms with E-state index in [1.54, 1.807) is 0 Å². The second kappa shape index (κ2) is 20.4. The van der Waals surface area contributed by atoms with Gasteiger partial charge in [-0.05, 0) is 35.4 Å². The third-order valence-corrected chi connectivity index (χ3v) is 5.16. The zero-order valence-corrected chi connectivity index (χ0v) is 24.2. The molecule has 0 saturated carbocycles. The minimum absolute atomic E-state index is 0.253. The summed E-state index contributed by atoms with van der Waals surface area (Å²) in [7, 11) is 0. The van der Waals surface area contributed by atoms with E-state index < -0.39 is 24.1 Å². The molecule has 0 fully saturated rings. The highest BCUT2D eigenvalue weighted by atomic mass is 16.5. The summed E-state index contributed by atoms with van der Waals surface area (Å²) in [6.45, 7) is 10.7. The van der Waals surface area contributed by atoms with Crippen LogP contribution in [0.4, 0.5) is 0 Å². The molecular weight excluding hydrogens is 532 g/mol. The van der Waals surface area contributed by atoms with Gasteiger partial charge >= 0.3 is 11.9 Å². The van der Waals surface area contributed by atoms with Crippen molar-refractivity contribution in [1.29, 1.82) is 0 Å². The van der Waals surface area contributed by atoms with Gasteiger partial charge in [0.15, 0.2) is 0 Å². The smallest absolute Gasteiger partial charge is 0.328 e. The molecule has 228 valence electrons. The summed E-state index contributed by atoms with van der Waals surface area (Å²) < 4.78 is 17.1. The Morgan fingerprint density at radius 2 is 1.02 bits per heavy atom. The molecule has 2 atom stereocenters. The van der Waals surface area contributed by atoms with E-state index in [1.807, 2.05) is 76.2 Å². The molecule has 2 aromatic rings. The maximum Gasteiger partial charge on any atom is 0.328 e. The first-order valence-electron chi connectivity index (χ1n) is 13.4. The Morgan fingerprint density at radius 1 is 0.683 bits per heavy atom.